The SMILES string of the molecule is Cc1nc(C)c(-c2ccc3cc(-c4cc5ccc(C(=O)O)c(C)c5n4C4CCCCC4)ccc3n2)s1. The minimum Gasteiger partial charge on any atom is -0.478 e. The van der Waals surface area contributed by atoms with E-state index < -0.39 is 5.97 Å². The maximum Gasteiger partial charge on any atom is 0.336 e. The Labute approximate surface area is 214 Å². The van der Waals surface area contributed by atoms with Gasteiger partial charge in [0.2, 0.25) is 0 Å². The lowest BCUT2D eigenvalue weighted by Crippen LogP contribution is -2.14. The molecule has 3 aromatic heterocycles. The number of aromatic nitrogens is 3. The Kier molecular flexibility index (Phi) is 5.64. The molecule has 0 atom stereocenters. The monoisotopic (exact) mass is 495 g/mol. The quantitative estimate of drug-likeness (QED) is 0.273. The number of benzene rings is 2. The summed E-state index contributed by atoms with van der Waals surface area (Å²) in [6.07, 6.45) is 5.94. The second-order valence-electron chi connectivity index (χ2n) is 9.92. The van der Waals surface area contributed by atoms with Crippen LogP contribution in [0.1, 0.15) is 64.8 Å². The number of aromatic carboxylic acids is 1. The van der Waals surface area contributed by atoms with Crippen molar-refractivity contribution in [3.63, 3.8) is 0 Å². The molecule has 1 aliphatic carbocycles. The van der Waals surface area contributed by atoms with Crippen LogP contribution in [0.25, 0.3) is 43.6 Å². The third-order valence-electron chi connectivity index (χ3n) is 7.55. The van der Waals surface area contributed by atoms with Crippen molar-refractivity contribution in [2.24, 2.45) is 0 Å². The molecular formula is C30H29N3O2S. The molecule has 5 nitrogen and oxygen atoms in total. The van der Waals surface area contributed by atoms with Crippen LogP contribution in [0, 0.1) is 20.8 Å². The fraction of sp³-hybridized carbons (Fsp3) is 0.300. The maximum absolute atomic E-state index is 11.9. The van der Waals surface area contributed by atoms with Gasteiger partial charge in [-0.2, -0.15) is 0 Å². The second-order valence-corrected chi connectivity index (χ2v) is 11.1. The van der Waals surface area contributed by atoms with Crippen molar-refractivity contribution in [2.45, 2.75) is 58.9 Å². The number of pyridine rings is 1. The van der Waals surface area contributed by atoms with Gasteiger partial charge in [-0.15, -0.1) is 11.3 Å². The normalized spacial score (nSPS) is 14.6. The first-order valence-electron chi connectivity index (χ1n) is 12.6. The predicted molar refractivity (Wildman–Crippen MR) is 147 cm³/mol. The van der Waals surface area contributed by atoms with Crippen LogP contribution in [0.3, 0.4) is 0 Å². The molecule has 0 radical (unpaired) electrons. The Balaban J connectivity index is 1.51. The first-order valence-corrected chi connectivity index (χ1v) is 13.5. The summed E-state index contributed by atoms with van der Waals surface area (Å²) < 4.78 is 2.43. The van der Waals surface area contributed by atoms with E-state index >= 15 is 0 Å². The highest BCUT2D eigenvalue weighted by molar-refractivity contribution is 7.15. The summed E-state index contributed by atoms with van der Waals surface area (Å²) in [6, 6.07) is 17.0. The standard InChI is InChI=1S/C30H29N3O2S/c1-17-24(30(34)35)12-9-22-16-27(33(28(17)22)23-7-5-4-6-8-23)21-11-13-25-20(15-21)10-14-26(32-25)29-18(2)31-19(3)36-29/h9-16,23H,4-8H2,1-3H3,(H,34,35). The lowest BCUT2D eigenvalue weighted by atomic mass is 9.94. The fourth-order valence-electron chi connectivity index (χ4n) is 5.85. The fourth-order valence-corrected chi connectivity index (χ4v) is 6.74. The lowest BCUT2D eigenvalue weighted by Gasteiger charge is -2.27. The second kappa shape index (κ2) is 8.86. The van der Waals surface area contributed by atoms with E-state index in [0.717, 1.165) is 72.7 Å². The number of hydrogen-bond acceptors (Lipinski definition) is 4. The molecule has 0 spiro atoms. The van der Waals surface area contributed by atoms with Gasteiger partial charge in [-0.25, -0.2) is 14.8 Å². The molecule has 1 N–H and O–H groups in total. The average molecular weight is 496 g/mol. The molecule has 3 heterocycles. The van der Waals surface area contributed by atoms with Gasteiger partial charge in [0.05, 0.1) is 37.9 Å². The van der Waals surface area contributed by atoms with Gasteiger partial charge in [0, 0.05) is 22.5 Å². The van der Waals surface area contributed by atoms with Gasteiger partial charge in [-0.05, 0) is 75.1 Å². The van der Waals surface area contributed by atoms with E-state index in [4.69, 9.17) is 4.98 Å². The average Bonchev–Trinajstić information content (AvgIpc) is 3.43. The molecule has 1 saturated carbocycles. The van der Waals surface area contributed by atoms with Crippen molar-refractivity contribution >= 4 is 39.1 Å². The molecule has 36 heavy (non-hydrogen) atoms. The van der Waals surface area contributed by atoms with Crippen LogP contribution in [-0.2, 0) is 0 Å². The Morgan fingerprint density at radius 2 is 1.72 bits per heavy atom. The number of fused-ring (bicyclic) bond motifs is 2. The van der Waals surface area contributed by atoms with Crippen molar-refractivity contribution in [3.8, 4) is 21.8 Å². The zero-order valence-corrected chi connectivity index (χ0v) is 21.7. The Morgan fingerprint density at radius 3 is 2.44 bits per heavy atom. The van der Waals surface area contributed by atoms with Gasteiger partial charge in [0.1, 0.15) is 0 Å². The molecule has 0 bridgehead atoms. The number of carboxylic acids is 1. The molecule has 182 valence electrons. The van der Waals surface area contributed by atoms with Gasteiger partial charge < -0.3 is 9.67 Å². The molecule has 2 aromatic carbocycles. The molecule has 1 fully saturated rings. The van der Waals surface area contributed by atoms with Gasteiger partial charge in [-0.3, -0.25) is 0 Å². The molecule has 6 rings (SSSR count). The summed E-state index contributed by atoms with van der Waals surface area (Å²) >= 11 is 1.68. The molecule has 6 heteroatoms. The minimum atomic E-state index is -0.869. The summed E-state index contributed by atoms with van der Waals surface area (Å²) in [5.41, 5.74) is 7.53. The highest BCUT2D eigenvalue weighted by Gasteiger charge is 2.24. The van der Waals surface area contributed by atoms with E-state index in [2.05, 4.69) is 45.9 Å². The minimum absolute atomic E-state index is 0.378. The van der Waals surface area contributed by atoms with E-state index in [9.17, 15) is 9.90 Å². The zero-order chi connectivity index (χ0) is 25.0. The van der Waals surface area contributed by atoms with E-state index in [0.29, 0.717) is 11.6 Å². The van der Waals surface area contributed by atoms with Crippen molar-refractivity contribution in [1.29, 1.82) is 0 Å². The van der Waals surface area contributed by atoms with Crippen molar-refractivity contribution in [2.75, 3.05) is 0 Å². The van der Waals surface area contributed by atoms with Gasteiger partial charge in [0.25, 0.3) is 0 Å². The Hall–Kier alpha value is -3.51. The van der Waals surface area contributed by atoms with Crippen LogP contribution in [0.15, 0.2) is 48.5 Å². The summed E-state index contributed by atoms with van der Waals surface area (Å²) in [4.78, 5) is 22.5. The number of aryl methyl sites for hydroxylation is 3. The first kappa shape index (κ1) is 22.9. The molecule has 0 aliphatic heterocycles. The van der Waals surface area contributed by atoms with Gasteiger partial charge in [-0.1, -0.05) is 37.5 Å². The topological polar surface area (TPSA) is 68.0 Å². The highest BCUT2D eigenvalue weighted by Crippen LogP contribution is 2.40. The highest BCUT2D eigenvalue weighted by atomic mass is 32.1. The van der Waals surface area contributed by atoms with E-state index in [1.807, 2.05) is 26.8 Å². The lowest BCUT2D eigenvalue weighted by molar-refractivity contribution is 0.0696. The summed E-state index contributed by atoms with van der Waals surface area (Å²) in [7, 11) is 0. The van der Waals surface area contributed by atoms with Crippen LogP contribution in [0.2, 0.25) is 0 Å². The van der Waals surface area contributed by atoms with Crippen LogP contribution in [0.4, 0.5) is 0 Å². The van der Waals surface area contributed by atoms with Crippen molar-refractivity contribution < 1.29 is 9.90 Å². The van der Waals surface area contributed by atoms with Crippen LogP contribution < -0.4 is 0 Å². The number of carbonyl (C=O) groups is 1. The number of rotatable bonds is 4. The van der Waals surface area contributed by atoms with Crippen molar-refractivity contribution in [3.05, 3.63) is 70.4 Å². The first-order chi connectivity index (χ1) is 17.4. The van der Waals surface area contributed by atoms with Crippen LogP contribution in [-0.4, -0.2) is 25.6 Å². The van der Waals surface area contributed by atoms with Crippen LogP contribution >= 0.6 is 11.3 Å². The Morgan fingerprint density at radius 1 is 0.944 bits per heavy atom. The van der Waals surface area contributed by atoms with E-state index in [-0.39, 0.29) is 0 Å². The smallest absolute Gasteiger partial charge is 0.336 e. The Bertz CT molecular complexity index is 1640. The third-order valence-corrected chi connectivity index (χ3v) is 8.64. The van der Waals surface area contributed by atoms with E-state index in [1.165, 1.54) is 19.3 Å². The predicted octanol–water partition coefficient (Wildman–Crippen LogP) is 8.11. The number of thiazole rings is 1. The van der Waals surface area contributed by atoms with Gasteiger partial charge in [0.15, 0.2) is 0 Å². The molecule has 0 saturated heterocycles. The summed E-state index contributed by atoms with van der Waals surface area (Å²) in [5.74, 6) is -0.869. The largest absolute Gasteiger partial charge is 0.478 e. The molecule has 0 unspecified atom stereocenters. The molecule has 0 amide bonds. The maximum atomic E-state index is 11.9. The van der Waals surface area contributed by atoms with Crippen LogP contribution in [0.5, 0.6) is 0 Å². The van der Waals surface area contributed by atoms with Crippen molar-refractivity contribution in [1.82, 2.24) is 14.5 Å². The molecule has 5 aromatic rings. The molecular weight excluding hydrogens is 466 g/mol. The number of hydrogen-bond donors (Lipinski definition) is 1. The summed E-state index contributed by atoms with van der Waals surface area (Å²) in [6.45, 7) is 6.01. The number of carboxylic acid groups (broad SMARTS) is 1. The van der Waals surface area contributed by atoms with E-state index in [1.54, 1.807) is 17.4 Å². The number of nitrogens with zero attached hydrogens (tertiary/aromatic N) is 3. The zero-order valence-electron chi connectivity index (χ0n) is 20.8. The summed E-state index contributed by atoms with van der Waals surface area (Å²) in [5, 5.41) is 13.0. The molecule has 1 aliphatic rings. The third kappa shape index (κ3) is 3.80. The van der Waals surface area contributed by atoms with Gasteiger partial charge >= 0.3 is 5.97 Å².